The average Bonchev–Trinajstić information content (AvgIpc) is 2.84. The molecule has 196 valence electrons. The molecule has 0 amide bonds. The summed E-state index contributed by atoms with van der Waals surface area (Å²) < 4.78 is 1.21. The Hall–Kier alpha value is -3.20. The van der Waals surface area contributed by atoms with Crippen LogP contribution >= 0.6 is 15.9 Å². The zero-order valence-corrected chi connectivity index (χ0v) is 23.0. The van der Waals surface area contributed by atoms with Crippen molar-refractivity contribution in [2.75, 3.05) is 11.5 Å². The molecule has 2 saturated carbocycles. The van der Waals surface area contributed by atoms with Crippen LogP contribution in [0.3, 0.4) is 0 Å². The summed E-state index contributed by atoms with van der Waals surface area (Å²) in [5.41, 5.74) is 16.5. The van der Waals surface area contributed by atoms with Gasteiger partial charge in [0.05, 0.1) is 0 Å². The molecular weight excluding hydrogens is 539 g/mol. The number of hydrogen-bond donors (Lipinski definition) is 4. The van der Waals surface area contributed by atoms with E-state index in [1.54, 1.807) is 0 Å². The monoisotopic (exact) mass is 572 g/mol. The molecule has 6 N–H and O–H groups in total. The van der Waals surface area contributed by atoms with Gasteiger partial charge in [-0.05, 0) is 84.5 Å². The smallest absolute Gasteiger partial charge is 0.423 e. The molecule has 38 heavy (non-hydrogen) atoms. The summed E-state index contributed by atoms with van der Waals surface area (Å²) in [6, 6.07) is 24.4. The van der Waals surface area contributed by atoms with Crippen LogP contribution in [0, 0.1) is 0 Å². The van der Waals surface area contributed by atoms with Crippen LogP contribution in [0.1, 0.15) is 61.5 Å². The molecule has 0 spiro atoms. The third-order valence-electron chi connectivity index (χ3n) is 7.12. The molecule has 4 aromatic rings. The highest BCUT2D eigenvalue weighted by atomic mass is 79.9. The molecule has 2 aromatic carbocycles. The van der Waals surface area contributed by atoms with Gasteiger partial charge in [-0.15, -0.1) is 0 Å². The minimum Gasteiger partial charge on any atom is -0.423 e. The van der Waals surface area contributed by atoms with Gasteiger partial charge in [0.25, 0.3) is 0 Å². The summed E-state index contributed by atoms with van der Waals surface area (Å²) in [5.74, 6) is 2.57. The maximum Gasteiger partial charge on any atom is 0.490 e. The number of hydrogen-bond acceptors (Lipinski definition) is 6. The standard InChI is InChI=1S/C15H16N2.C10H11Br.C5H7BN2O2/c16-15-8-7-14(10-17-15)13-6-2-5-12(9-13)11-3-1-4-11;11-10-6-2-5-9(7-10)8-3-1-4-8;7-5-2-1-4(3-8-5)6(9)10/h2,5-11H,1,3-4H2,(H2,16,17);2,5-8H,1,3-4H2;1-3,9-10H,(H2,7,8). The second-order valence-corrected chi connectivity index (χ2v) is 10.7. The molecule has 0 bridgehead atoms. The second kappa shape index (κ2) is 13.6. The Morgan fingerprint density at radius 1 is 0.684 bits per heavy atom. The summed E-state index contributed by atoms with van der Waals surface area (Å²) in [5, 5.41) is 17.2. The maximum absolute atomic E-state index is 8.59. The molecule has 8 heteroatoms. The molecule has 2 aliphatic carbocycles. The molecule has 0 radical (unpaired) electrons. The maximum atomic E-state index is 8.59. The number of pyridine rings is 2. The van der Waals surface area contributed by atoms with Crippen molar-refractivity contribution in [3.63, 3.8) is 0 Å². The van der Waals surface area contributed by atoms with E-state index in [2.05, 4.69) is 74.4 Å². The summed E-state index contributed by atoms with van der Waals surface area (Å²) in [6.07, 6.45) is 11.4. The molecule has 2 heterocycles. The predicted octanol–water partition coefficient (Wildman–Crippen LogP) is 5.66. The van der Waals surface area contributed by atoms with Crippen molar-refractivity contribution < 1.29 is 10.0 Å². The zero-order valence-electron chi connectivity index (χ0n) is 21.4. The average molecular weight is 573 g/mol. The van der Waals surface area contributed by atoms with E-state index < -0.39 is 7.12 Å². The second-order valence-electron chi connectivity index (χ2n) is 9.80. The predicted molar refractivity (Wildman–Crippen MR) is 160 cm³/mol. The highest BCUT2D eigenvalue weighted by Crippen LogP contribution is 2.38. The van der Waals surface area contributed by atoms with Gasteiger partial charge in [0.2, 0.25) is 0 Å². The zero-order chi connectivity index (χ0) is 26.9. The van der Waals surface area contributed by atoms with E-state index in [1.165, 1.54) is 78.0 Å². The van der Waals surface area contributed by atoms with Crippen molar-refractivity contribution in [1.29, 1.82) is 0 Å². The molecular formula is C30H34BBrN4O2. The van der Waals surface area contributed by atoms with Crippen molar-refractivity contribution in [2.24, 2.45) is 0 Å². The Morgan fingerprint density at radius 3 is 1.74 bits per heavy atom. The van der Waals surface area contributed by atoms with Crippen LogP contribution in [-0.2, 0) is 0 Å². The largest absolute Gasteiger partial charge is 0.490 e. The molecule has 6 rings (SSSR count). The van der Waals surface area contributed by atoms with E-state index in [1.807, 2.05) is 18.3 Å². The fraction of sp³-hybridized carbons (Fsp3) is 0.267. The van der Waals surface area contributed by atoms with Gasteiger partial charge >= 0.3 is 7.12 Å². The van der Waals surface area contributed by atoms with Crippen molar-refractivity contribution in [1.82, 2.24) is 9.97 Å². The van der Waals surface area contributed by atoms with Crippen molar-refractivity contribution >= 4 is 40.1 Å². The van der Waals surface area contributed by atoms with Crippen LogP contribution in [0.15, 0.2) is 89.7 Å². The number of nitrogen functional groups attached to an aromatic ring is 2. The van der Waals surface area contributed by atoms with Gasteiger partial charge in [-0.3, -0.25) is 0 Å². The Kier molecular flexibility index (Phi) is 9.93. The topological polar surface area (TPSA) is 118 Å². The van der Waals surface area contributed by atoms with E-state index in [9.17, 15) is 0 Å². The van der Waals surface area contributed by atoms with Crippen molar-refractivity contribution in [2.45, 2.75) is 50.4 Å². The fourth-order valence-electron chi connectivity index (χ4n) is 4.36. The van der Waals surface area contributed by atoms with E-state index in [0.717, 1.165) is 17.4 Å². The van der Waals surface area contributed by atoms with Crippen LogP contribution in [0.2, 0.25) is 0 Å². The number of benzene rings is 2. The van der Waals surface area contributed by atoms with Crippen molar-refractivity contribution in [3.8, 4) is 11.1 Å². The number of nitrogens with zero attached hydrogens (tertiary/aromatic N) is 2. The van der Waals surface area contributed by atoms with Crippen molar-refractivity contribution in [3.05, 3.63) is 101 Å². The van der Waals surface area contributed by atoms with Gasteiger partial charge < -0.3 is 21.5 Å². The third kappa shape index (κ3) is 7.90. The SMILES string of the molecule is Brc1cccc(C2CCC2)c1.Nc1ccc(-c2cccc(C3CCC3)c2)cn1.Nc1ccc(B(O)O)cn1. The van der Waals surface area contributed by atoms with Gasteiger partial charge in [0, 0.05) is 27.9 Å². The van der Waals surface area contributed by atoms with E-state index in [0.29, 0.717) is 17.1 Å². The first-order chi connectivity index (χ1) is 18.4. The van der Waals surface area contributed by atoms with Crippen LogP contribution in [0.25, 0.3) is 11.1 Å². The van der Waals surface area contributed by atoms with Gasteiger partial charge in [-0.1, -0.05) is 71.2 Å². The number of halogens is 1. The molecule has 0 atom stereocenters. The Morgan fingerprint density at radius 2 is 1.26 bits per heavy atom. The Balaban J connectivity index is 0.000000140. The minimum absolute atomic E-state index is 0.342. The van der Waals surface area contributed by atoms with Gasteiger partial charge in [0.1, 0.15) is 11.6 Å². The van der Waals surface area contributed by atoms with Gasteiger partial charge in [-0.2, -0.15) is 0 Å². The minimum atomic E-state index is -1.46. The lowest BCUT2D eigenvalue weighted by molar-refractivity contribution is 0.419. The number of aromatic nitrogens is 2. The number of rotatable bonds is 4. The third-order valence-corrected chi connectivity index (χ3v) is 7.61. The Bertz CT molecular complexity index is 1290. The lowest BCUT2D eigenvalue weighted by Crippen LogP contribution is -2.29. The molecule has 0 unspecified atom stereocenters. The quantitative estimate of drug-likeness (QED) is 0.234. The Labute approximate surface area is 233 Å². The van der Waals surface area contributed by atoms with Crippen LogP contribution in [0.5, 0.6) is 0 Å². The van der Waals surface area contributed by atoms with Crippen LogP contribution in [-0.4, -0.2) is 27.1 Å². The van der Waals surface area contributed by atoms with E-state index in [4.69, 9.17) is 21.5 Å². The molecule has 2 aliphatic rings. The normalized spacial score (nSPS) is 14.6. The number of nitrogens with two attached hydrogens (primary N) is 2. The van der Waals surface area contributed by atoms with Gasteiger partial charge in [0.15, 0.2) is 0 Å². The summed E-state index contributed by atoms with van der Waals surface area (Å²) in [6.45, 7) is 0. The molecule has 2 fully saturated rings. The van der Waals surface area contributed by atoms with E-state index >= 15 is 0 Å². The molecule has 2 aromatic heterocycles. The first-order valence-corrected chi connectivity index (χ1v) is 13.8. The highest BCUT2D eigenvalue weighted by molar-refractivity contribution is 9.10. The van der Waals surface area contributed by atoms with E-state index in [-0.39, 0.29) is 0 Å². The summed E-state index contributed by atoms with van der Waals surface area (Å²) >= 11 is 3.48. The lowest BCUT2D eigenvalue weighted by atomic mass is 9.79. The van der Waals surface area contributed by atoms with Crippen LogP contribution in [0.4, 0.5) is 11.6 Å². The lowest BCUT2D eigenvalue weighted by Gasteiger charge is -2.26. The number of anilines is 2. The molecule has 0 aliphatic heterocycles. The van der Waals surface area contributed by atoms with Crippen LogP contribution < -0.4 is 16.9 Å². The molecule has 0 saturated heterocycles. The summed E-state index contributed by atoms with van der Waals surface area (Å²) in [7, 11) is -1.46. The first kappa shape index (κ1) is 27.8. The summed E-state index contributed by atoms with van der Waals surface area (Å²) in [4.78, 5) is 7.80. The van der Waals surface area contributed by atoms with Gasteiger partial charge in [-0.25, -0.2) is 9.97 Å². The first-order valence-electron chi connectivity index (χ1n) is 13.0. The fourth-order valence-corrected chi connectivity index (χ4v) is 4.78. The molecule has 6 nitrogen and oxygen atoms in total. The highest BCUT2D eigenvalue weighted by Gasteiger charge is 2.20.